The molecule has 2 aliphatic rings. The van der Waals surface area contributed by atoms with Crippen LogP contribution in [0.5, 0.6) is 0 Å². The van der Waals surface area contributed by atoms with E-state index in [1.165, 1.54) is 4.88 Å². The molecule has 5 heteroatoms. The summed E-state index contributed by atoms with van der Waals surface area (Å²) in [7, 11) is 1.89. The van der Waals surface area contributed by atoms with Crippen LogP contribution >= 0.6 is 11.3 Å². The lowest BCUT2D eigenvalue weighted by Crippen LogP contribution is -2.62. The van der Waals surface area contributed by atoms with Gasteiger partial charge in [0.25, 0.3) is 0 Å². The minimum atomic E-state index is 0.244. The predicted octanol–water partition coefficient (Wildman–Crippen LogP) is 0.535. The molecular formula is C12H17N3OS. The summed E-state index contributed by atoms with van der Waals surface area (Å²) in [5.41, 5.74) is 0. The van der Waals surface area contributed by atoms with Crippen molar-refractivity contribution in [3.63, 3.8) is 0 Å². The molecule has 1 N–H and O–H groups in total. The lowest BCUT2D eigenvalue weighted by Gasteiger charge is -2.45. The standard InChI is InChI=1S/C12H17N3OS/c1-14-6-9-5-13-10(11-3-2-4-17-11)7-15(9)8-12(14)16/h2-4,9-10,13H,5-8H2,1H3. The number of fused-ring (bicyclic) bond motifs is 1. The second kappa shape index (κ2) is 4.40. The number of carbonyl (C=O) groups excluding carboxylic acids is 1. The quantitative estimate of drug-likeness (QED) is 0.791. The molecule has 4 nitrogen and oxygen atoms in total. The van der Waals surface area contributed by atoms with Crippen LogP contribution in [-0.4, -0.2) is 55.0 Å². The highest BCUT2D eigenvalue weighted by Gasteiger charge is 2.35. The summed E-state index contributed by atoms with van der Waals surface area (Å²) in [6.45, 7) is 3.35. The predicted molar refractivity (Wildman–Crippen MR) is 68.1 cm³/mol. The molecule has 0 bridgehead atoms. The molecule has 1 amide bonds. The third-order valence-corrected chi connectivity index (χ3v) is 4.65. The van der Waals surface area contributed by atoms with Gasteiger partial charge < -0.3 is 10.2 Å². The molecule has 0 spiro atoms. The molecule has 2 aliphatic heterocycles. The number of nitrogens with one attached hydrogen (secondary N) is 1. The van der Waals surface area contributed by atoms with E-state index in [0.29, 0.717) is 18.6 Å². The first-order valence-corrected chi connectivity index (χ1v) is 6.87. The van der Waals surface area contributed by atoms with E-state index < -0.39 is 0 Å². The molecule has 3 heterocycles. The highest BCUT2D eigenvalue weighted by Crippen LogP contribution is 2.25. The van der Waals surface area contributed by atoms with Gasteiger partial charge in [0.05, 0.1) is 12.6 Å². The lowest BCUT2D eigenvalue weighted by molar-refractivity contribution is -0.137. The first kappa shape index (κ1) is 11.2. The zero-order valence-electron chi connectivity index (χ0n) is 9.93. The van der Waals surface area contributed by atoms with Crippen molar-refractivity contribution in [1.82, 2.24) is 15.1 Å². The first-order chi connectivity index (χ1) is 8.24. The normalized spacial score (nSPS) is 30.4. The molecule has 0 aromatic carbocycles. The van der Waals surface area contributed by atoms with Gasteiger partial charge in [0, 0.05) is 37.6 Å². The van der Waals surface area contributed by atoms with Crippen molar-refractivity contribution in [2.45, 2.75) is 12.1 Å². The lowest BCUT2D eigenvalue weighted by atomic mass is 10.1. The summed E-state index contributed by atoms with van der Waals surface area (Å²) in [6.07, 6.45) is 0. The number of nitrogens with zero attached hydrogens (tertiary/aromatic N) is 2. The molecule has 0 aliphatic carbocycles. The van der Waals surface area contributed by atoms with Crippen LogP contribution < -0.4 is 5.32 Å². The van der Waals surface area contributed by atoms with Crippen LogP contribution in [0.15, 0.2) is 17.5 Å². The van der Waals surface area contributed by atoms with Crippen LogP contribution in [0, 0.1) is 0 Å². The van der Waals surface area contributed by atoms with Crippen molar-refractivity contribution < 1.29 is 4.79 Å². The van der Waals surface area contributed by atoms with Gasteiger partial charge in [0.15, 0.2) is 0 Å². The molecule has 2 atom stereocenters. The molecule has 0 saturated carbocycles. The van der Waals surface area contributed by atoms with Gasteiger partial charge in [-0.3, -0.25) is 9.69 Å². The summed E-state index contributed by atoms with van der Waals surface area (Å²) in [6, 6.07) is 5.13. The number of hydrogen-bond acceptors (Lipinski definition) is 4. The van der Waals surface area contributed by atoms with Crippen LogP contribution in [-0.2, 0) is 4.79 Å². The minimum absolute atomic E-state index is 0.244. The number of piperazine rings is 2. The van der Waals surface area contributed by atoms with Gasteiger partial charge in [-0.25, -0.2) is 0 Å². The Balaban J connectivity index is 1.71. The van der Waals surface area contributed by atoms with E-state index in [9.17, 15) is 4.79 Å². The van der Waals surface area contributed by atoms with E-state index in [2.05, 4.69) is 27.7 Å². The maximum Gasteiger partial charge on any atom is 0.236 e. The van der Waals surface area contributed by atoms with E-state index in [1.54, 1.807) is 11.3 Å². The van der Waals surface area contributed by atoms with Crippen LogP contribution in [0.4, 0.5) is 0 Å². The fraction of sp³-hybridized carbons (Fsp3) is 0.583. The van der Waals surface area contributed by atoms with Crippen molar-refractivity contribution in [2.24, 2.45) is 0 Å². The Morgan fingerprint density at radius 1 is 1.47 bits per heavy atom. The zero-order chi connectivity index (χ0) is 11.8. The maximum absolute atomic E-state index is 11.7. The highest BCUT2D eigenvalue weighted by atomic mass is 32.1. The highest BCUT2D eigenvalue weighted by molar-refractivity contribution is 7.10. The van der Waals surface area contributed by atoms with Gasteiger partial charge in [-0.2, -0.15) is 0 Å². The molecular weight excluding hydrogens is 234 g/mol. The first-order valence-electron chi connectivity index (χ1n) is 5.99. The second-order valence-electron chi connectivity index (χ2n) is 4.83. The molecule has 92 valence electrons. The van der Waals surface area contributed by atoms with Crippen LogP contribution in [0.25, 0.3) is 0 Å². The summed E-state index contributed by atoms with van der Waals surface area (Å²) in [5, 5.41) is 5.70. The third kappa shape index (κ3) is 2.10. The fourth-order valence-electron chi connectivity index (χ4n) is 2.62. The molecule has 2 saturated heterocycles. The molecule has 2 unspecified atom stereocenters. The number of hydrogen-bond donors (Lipinski definition) is 1. The Hall–Kier alpha value is -0.910. The summed E-state index contributed by atoms with van der Waals surface area (Å²) < 4.78 is 0. The van der Waals surface area contributed by atoms with Gasteiger partial charge in [0.1, 0.15) is 0 Å². The van der Waals surface area contributed by atoms with Gasteiger partial charge in [-0.15, -0.1) is 11.3 Å². The van der Waals surface area contributed by atoms with Crippen molar-refractivity contribution >= 4 is 17.2 Å². The number of carbonyl (C=O) groups is 1. The van der Waals surface area contributed by atoms with E-state index in [0.717, 1.165) is 19.6 Å². The molecule has 17 heavy (non-hydrogen) atoms. The molecule has 1 aromatic heterocycles. The van der Waals surface area contributed by atoms with Gasteiger partial charge in [-0.05, 0) is 11.4 Å². The Kier molecular flexibility index (Phi) is 2.90. The fourth-order valence-corrected chi connectivity index (χ4v) is 3.42. The second-order valence-corrected chi connectivity index (χ2v) is 5.81. The summed E-state index contributed by atoms with van der Waals surface area (Å²) in [4.78, 5) is 17.2. The van der Waals surface area contributed by atoms with E-state index in [4.69, 9.17) is 0 Å². The van der Waals surface area contributed by atoms with E-state index >= 15 is 0 Å². The van der Waals surface area contributed by atoms with Gasteiger partial charge >= 0.3 is 0 Å². The summed E-state index contributed by atoms with van der Waals surface area (Å²) in [5.74, 6) is 0.244. The van der Waals surface area contributed by atoms with Crippen LogP contribution in [0.3, 0.4) is 0 Å². The Morgan fingerprint density at radius 3 is 3.12 bits per heavy atom. The topological polar surface area (TPSA) is 35.6 Å². The number of thiophene rings is 1. The average Bonchev–Trinajstić information content (AvgIpc) is 2.83. The Labute approximate surface area is 105 Å². The molecule has 1 aromatic rings. The van der Waals surface area contributed by atoms with Crippen molar-refractivity contribution in [2.75, 3.05) is 33.2 Å². The van der Waals surface area contributed by atoms with E-state index in [1.807, 2.05) is 11.9 Å². The van der Waals surface area contributed by atoms with E-state index in [-0.39, 0.29) is 5.91 Å². The Bertz CT molecular complexity index is 406. The van der Waals surface area contributed by atoms with Gasteiger partial charge in [-0.1, -0.05) is 6.07 Å². The van der Waals surface area contributed by atoms with Crippen LogP contribution in [0.1, 0.15) is 10.9 Å². The maximum atomic E-state index is 11.7. The number of likely N-dealkylation sites (N-methyl/N-ethyl adjacent to an activating group) is 1. The molecule has 2 fully saturated rings. The van der Waals surface area contributed by atoms with Crippen molar-refractivity contribution in [3.05, 3.63) is 22.4 Å². The molecule has 0 radical (unpaired) electrons. The largest absolute Gasteiger partial charge is 0.343 e. The Morgan fingerprint density at radius 2 is 2.35 bits per heavy atom. The minimum Gasteiger partial charge on any atom is -0.343 e. The zero-order valence-corrected chi connectivity index (χ0v) is 10.7. The number of amides is 1. The summed E-state index contributed by atoms with van der Waals surface area (Å²) >= 11 is 1.79. The van der Waals surface area contributed by atoms with Crippen molar-refractivity contribution in [1.29, 1.82) is 0 Å². The molecule has 3 rings (SSSR count). The van der Waals surface area contributed by atoms with Gasteiger partial charge in [0.2, 0.25) is 5.91 Å². The SMILES string of the molecule is CN1CC2CNC(c3cccs3)CN2CC1=O. The van der Waals surface area contributed by atoms with Crippen molar-refractivity contribution in [3.8, 4) is 0 Å². The average molecular weight is 251 g/mol. The number of rotatable bonds is 1. The monoisotopic (exact) mass is 251 g/mol. The smallest absolute Gasteiger partial charge is 0.236 e. The third-order valence-electron chi connectivity index (χ3n) is 3.67. The van der Waals surface area contributed by atoms with Crippen LogP contribution in [0.2, 0.25) is 0 Å².